The highest BCUT2D eigenvalue weighted by Crippen LogP contribution is 2.40. The fourth-order valence-electron chi connectivity index (χ4n) is 3.93. The summed E-state index contributed by atoms with van der Waals surface area (Å²) in [5, 5.41) is 3.05. The summed E-state index contributed by atoms with van der Waals surface area (Å²) in [6.07, 6.45) is 0.834. The van der Waals surface area contributed by atoms with E-state index < -0.39 is 6.04 Å². The number of nitrogens with zero attached hydrogens (tertiary/aromatic N) is 2. The lowest BCUT2D eigenvalue weighted by atomic mass is 9.83. The van der Waals surface area contributed by atoms with E-state index >= 15 is 0 Å². The standard InChI is InChI=1S/C24H31N3O4/c1-26(2)16-15-25-24(29)21-13-14-22(28)27(18-7-11-20(31-4)12-8-18)23(21)17-5-9-19(30-3)10-6-17/h5-12,21,23H,13-16H2,1-4H3,(H,25,29). The van der Waals surface area contributed by atoms with Crippen LogP contribution in [0.15, 0.2) is 48.5 Å². The molecule has 7 nitrogen and oxygen atoms in total. The van der Waals surface area contributed by atoms with Crippen LogP contribution in [0, 0.1) is 5.92 Å². The summed E-state index contributed by atoms with van der Waals surface area (Å²) in [4.78, 5) is 30.0. The number of nitrogens with one attached hydrogen (secondary N) is 1. The van der Waals surface area contributed by atoms with Crippen molar-refractivity contribution in [3.8, 4) is 11.5 Å². The Kier molecular flexibility index (Phi) is 7.52. The molecule has 1 N–H and O–H groups in total. The van der Waals surface area contributed by atoms with E-state index in [1.165, 1.54) is 0 Å². The lowest BCUT2D eigenvalue weighted by molar-refractivity contribution is -0.129. The minimum atomic E-state index is -0.403. The van der Waals surface area contributed by atoms with E-state index in [2.05, 4.69) is 5.32 Å². The summed E-state index contributed by atoms with van der Waals surface area (Å²) >= 11 is 0. The maximum Gasteiger partial charge on any atom is 0.227 e. The van der Waals surface area contributed by atoms with E-state index in [0.717, 1.165) is 23.5 Å². The molecule has 166 valence electrons. The van der Waals surface area contributed by atoms with Gasteiger partial charge in [-0.25, -0.2) is 0 Å². The molecule has 7 heteroatoms. The molecule has 31 heavy (non-hydrogen) atoms. The predicted molar refractivity (Wildman–Crippen MR) is 121 cm³/mol. The first kappa shape index (κ1) is 22.6. The Bertz CT molecular complexity index is 881. The summed E-state index contributed by atoms with van der Waals surface area (Å²) in [5.41, 5.74) is 1.65. The van der Waals surface area contributed by atoms with Gasteiger partial charge in [0.05, 0.1) is 26.2 Å². The van der Waals surface area contributed by atoms with Crippen molar-refractivity contribution in [2.45, 2.75) is 18.9 Å². The molecule has 0 aliphatic carbocycles. The summed E-state index contributed by atoms with van der Waals surface area (Å²) in [7, 11) is 7.16. The monoisotopic (exact) mass is 425 g/mol. The molecule has 2 atom stereocenters. The van der Waals surface area contributed by atoms with E-state index in [1.54, 1.807) is 19.1 Å². The van der Waals surface area contributed by atoms with E-state index in [9.17, 15) is 9.59 Å². The van der Waals surface area contributed by atoms with Gasteiger partial charge in [-0.1, -0.05) is 12.1 Å². The highest BCUT2D eigenvalue weighted by atomic mass is 16.5. The Labute approximate surface area is 183 Å². The van der Waals surface area contributed by atoms with Gasteiger partial charge in [0.1, 0.15) is 11.5 Å². The van der Waals surface area contributed by atoms with Gasteiger partial charge in [-0.2, -0.15) is 0 Å². The van der Waals surface area contributed by atoms with Crippen LogP contribution in [0.25, 0.3) is 0 Å². The molecule has 2 aromatic rings. The number of likely N-dealkylation sites (N-methyl/N-ethyl adjacent to an activating group) is 1. The highest BCUT2D eigenvalue weighted by Gasteiger charge is 2.41. The Balaban J connectivity index is 1.96. The summed E-state index contributed by atoms with van der Waals surface area (Å²) in [6.45, 7) is 1.32. The number of anilines is 1. The van der Waals surface area contributed by atoms with Crippen molar-refractivity contribution >= 4 is 17.5 Å². The predicted octanol–water partition coefficient (Wildman–Crippen LogP) is 2.87. The highest BCUT2D eigenvalue weighted by molar-refractivity contribution is 5.97. The van der Waals surface area contributed by atoms with Gasteiger partial charge < -0.3 is 24.6 Å². The van der Waals surface area contributed by atoms with E-state index in [1.807, 2.05) is 67.5 Å². The van der Waals surface area contributed by atoms with E-state index in [0.29, 0.717) is 25.1 Å². The van der Waals surface area contributed by atoms with Crippen molar-refractivity contribution in [2.24, 2.45) is 5.92 Å². The number of ether oxygens (including phenoxy) is 2. The van der Waals surface area contributed by atoms with Crippen molar-refractivity contribution in [3.05, 3.63) is 54.1 Å². The van der Waals surface area contributed by atoms with Crippen LogP contribution in [0.4, 0.5) is 5.69 Å². The van der Waals surface area contributed by atoms with Crippen LogP contribution in [0.2, 0.25) is 0 Å². The van der Waals surface area contributed by atoms with Crippen molar-refractivity contribution in [3.63, 3.8) is 0 Å². The van der Waals surface area contributed by atoms with E-state index in [4.69, 9.17) is 9.47 Å². The Morgan fingerprint density at radius 1 is 1.03 bits per heavy atom. The molecule has 1 saturated heterocycles. The van der Waals surface area contributed by atoms with Crippen LogP contribution in [0.1, 0.15) is 24.4 Å². The zero-order valence-electron chi connectivity index (χ0n) is 18.6. The molecule has 2 unspecified atom stereocenters. The Morgan fingerprint density at radius 2 is 1.61 bits per heavy atom. The van der Waals surface area contributed by atoms with Crippen molar-refractivity contribution in [1.82, 2.24) is 10.2 Å². The first-order chi connectivity index (χ1) is 14.9. The summed E-state index contributed by atoms with van der Waals surface area (Å²) in [5.74, 6) is 1.06. The normalized spacial score (nSPS) is 18.7. The number of benzene rings is 2. The minimum Gasteiger partial charge on any atom is -0.497 e. The fourth-order valence-corrected chi connectivity index (χ4v) is 3.93. The molecule has 2 aromatic carbocycles. The molecule has 1 heterocycles. The maximum atomic E-state index is 13.2. The zero-order valence-corrected chi connectivity index (χ0v) is 18.6. The first-order valence-corrected chi connectivity index (χ1v) is 10.5. The zero-order chi connectivity index (χ0) is 22.4. The number of hydrogen-bond acceptors (Lipinski definition) is 5. The molecule has 2 amide bonds. The topological polar surface area (TPSA) is 71.1 Å². The molecular weight excluding hydrogens is 394 g/mol. The van der Waals surface area contributed by atoms with Crippen molar-refractivity contribution < 1.29 is 19.1 Å². The lowest BCUT2D eigenvalue weighted by Crippen LogP contribution is -2.49. The van der Waals surface area contributed by atoms with Gasteiger partial charge in [0.25, 0.3) is 0 Å². The summed E-state index contributed by atoms with van der Waals surface area (Å²) < 4.78 is 10.5. The van der Waals surface area contributed by atoms with Crippen LogP contribution in [0.5, 0.6) is 11.5 Å². The second-order valence-corrected chi connectivity index (χ2v) is 7.92. The Hall–Kier alpha value is -3.06. The molecule has 0 aromatic heterocycles. The summed E-state index contributed by atoms with van der Waals surface area (Å²) in [6, 6.07) is 14.6. The average Bonchev–Trinajstić information content (AvgIpc) is 2.78. The van der Waals surface area contributed by atoms with Crippen LogP contribution in [0.3, 0.4) is 0 Å². The molecular formula is C24H31N3O4. The third-order valence-electron chi connectivity index (χ3n) is 5.60. The van der Waals surface area contributed by atoms with E-state index in [-0.39, 0.29) is 17.7 Å². The minimum absolute atomic E-state index is 0.00308. The van der Waals surface area contributed by atoms with Gasteiger partial charge in [0, 0.05) is 25.2 Å². The lowest BCUT2D eigenvalue weighted by Gasteiger charge is -2.41. The molecule has 0 radical (unpaired) electrons. The molecule has 0 bridgehead atoms. The molecule has 1 fully saturated rings. The third kappa shape index (κ3) is 5.35. The van der Waals surface area contributed by atoms with Gasteiger partial charge in [-0.3, -0.25) is 9.59 Å². The van der Waals surface area contributed by atoms with Gasteiger partial charge in [-0.05, 0) is 62.5 Å². The van der Waals surface area contributed by atoms with Gasteiger partial charge in [-0.15, -0.1) is 0 Å². The molecule has 1 aliphatic rings. The third-order valence-corrected chi connectivity index (χ3v) is 5.60. The van der Waals surface area contributed by atoms with Crippen LogP contribution in [-0.4, -0.2) is 58.1 Å². The number of carbonyl (C=O) groups excluding carboxylic acids is 2. The van der Waals surface area contributed by atoms with Crippen molar-refractivity contribution in [1.29, 1.82) is 0 Å². The number of amides is 2. The quantitative estimate of drug-likeness (QED) is 0.704. The SMILES string of the molecule is COc1ccc(C2C(C(=O)NCCN(C)C)CCC(=O)N2c2ccc(OC)cc2)cc1. The van der Waals surface area contributed by atoms with Crippen LogP contribution >= 0.6 is 0 Å². The average molecular weight is 426 g/mol. The van der Waals surface area contributed by atoms with Gasteiger partial charge in [0.2, 0.25) is 11.8 Å². The first-order valence-electron chi connectivity index (χ1n) is 10.5. The smallest absolute Gasteiger partial charge is 0.227 e. The molecule has 3 rings (SSSR count). The van der Waals surface area contributed by atoms with Gasteiger partial charge >= 0.3 is 0 Å². The second kappa shape index (κ2) is 10.3. The largest absolute Gasteiger partial charge is 0.497 e. The second-order valence-electron chi connectivity index (χ2n) is 7.92. The van der Waals surface area contributed by atoms with Crippen molar-refractivity contribution in [2.75, 3.05) is 46.3 Å². The number of carbonyl (C=O) groups is 2. The van der Waals surface area contributed by atoms with Crippen LogP contribution in [-0.2, 0) is 9.59 Å². The van der Waals surface area contributed by atoms with Crippen LogP contribution < -0.4 is 19.7 Å². The maximum absolute atomic E-state index is 13.2. The Morgan fingerprint density at radius 3 is 2.16 bits per heavy atom. The number of hydrogen-bond donors (Lipinski definition) is 1. The number of rotatable bonds is 8. The molecule has 1 aliphatic heterocycles. The molecule has 0 spiro atoms. The van der Waals surface area contributed by atoms with Gasteiger partial charge in [0.15, 0.2) is 0 Å². The number of methoxy groups -OCH3 is 2. The fraction of sp³-hybridized carbons (Fsp3) is 0.417. The number of piperidine rings is 1. The molecule has 0 saturated carbocycles.